The van der Waals surface area contributed by atoms with Gasteiger partial charge in [0, 0.05) is 18.5 Å². The summed E-state index contributed by atoms with van der Waals surface area (Å²) in [4.78, 5) is 2.68. The van der Waals surface area contributed by atoms with E-state index >= 15 is 0 Å². The van der Waals surface area contributed by atoms with E-state index < -0.39 is 0 Å². The van der Waals surface area contributed by atoms with Crippen LogP contribution in [0.15, 0.2) is 43.0 Å². The van der Waals surface area contributed by atoms with Crippen LogP contribution in [0.25, 0.3) is 16.3 Å². The molecule has 1 aliphatic heterocycles. The zero-order chi connectivity index (χ0) is 17.4. The summed E-state index contributed by atoms with van der Waals surface area (Å²) in [5, 5.41) is 2.41. The molecule has 4 rings (SSSR count). The SMILES string of the molecule is C=C(c1ccc2c(OC)cccc2c1)[C@@H]1CN(CC2CC2)CC[C@@H]1C. The number of hydrogen-bond acceptors (Lipinski definition) is 2. The van der Waals surface area contributed by atoms with Crippen LogP contribution in [-0.4, -0.2) is 31.6 Å². The number of rotatable bonds is 5. The lowest BCUT2D eigenvalue weighted by molar-refractivity contribution is 0.153. The molecule has 2 aromatic rings. The van der Waals surface area contributed by atoms with Gasteiger partial charge in [0.05, 0.1) is 7.11 Å². The van der Waals surface area contributed by atoms with Crippen molar-refractivity contribution in [3.8, 4) is 5.75 Å². The third-order valence-corrected chi connectivity index (χ3v) is 6.13. The molecular weight excluding hydrogens is 306 g/mol. The Morgan fingerprint density at radius 2 is 2.04 bits per heavy atom. The van der Waals surface area contributed by atoms with Gasteiger partial charge in [0.25, 0.3) is 0 Å². The molecule has 132 valence electrons. The fourth-order valence-electron chi connectivity index (χ4n) is 4.27. The monoisotopic (exact) mass is 335 g/mol. The third kappa shape index (κ3) is 3.46. The van der Waals surface area contributed by atoms with Crippen LogP contribution in [0.3, 0.4) is 0 Å². The Hall–Kier alpha value is -1.80. The predicted molar refractivity (Wildman–Crippen MR) is 106 cm³/mol. The lowest BCUT2D eigenvalue weighted by atomic mass is 9.79. The Balaban J connectivity index is 1.57. The largest absolute Gasteiger partial charge is 0.496 e. The van der Waals surface area contributed by atoms with E-state index in [-0.39, 0.29) is 0 Å². The van der Waals surface area contributed by atoms with Gasteiger partial charge < -0.3 is 9.64 Å². The Morgan fingerprint density at radius 3 is 2.80 bits per heavy atom. The van der Waals surface area contributed by atoms with Crippen LogP contribution in [-0.2, 0) is 0 Å². The molecule has 0 spiro atoms. The highest BCUT2D eigenvalue weighted by Gasteiger charge is 2.32. The van der Waals surface area contributed by atoms with Gasteiger partial charge in [-0.25, -0.2) is 0 Å². The van der Waals surface area contributed by atoms with E-state index in [1.807, 2.05) is 6.07 Å². The van der Waals surface area contributed by atoms with Crippen molar-refractivity contribution in [1.82, 2.24) is 4.90 Å². The Kier molecular flexibility index (Phi) is 4.56. The van der Waals surface area contributed by atoms with Gasteiger partial charge in [0.1, 0.15) is 5.75 Å². The zero-order valence-electron chi connectivity index (χ0n) is 15.5. The first kappa shape index (κ1) is 16.7. The van der Waals surface area contributed by atoms with Gasteiger partial charge in [-0.05, 0) is 72.2 Å². The van der Waals surface area contributed by atoms with Crippen LogP contribution in [0, 0.1) is 17.8 Å². The number of hydrogen-bond donors (Lipinski definition) is 0. The van der Waals surface area contributed by atoms with Crippen molar-refractivity contribution in [2.75, 3.05) is 26.7 Å². The number of methoxy groups -OCH3 is 1. The number of nitrogens with zero attached hydrogens (tertiary/aromatic N) is 1. The molecule has 1 saturated heterocycles. The second-order valence-corrected chi connectivity index (χ2v) is 8.00. The van der Waals surface area contributed by atoms with Gasteiger partial charge in [0.2, 0.25) is 0 Å². The fourth-order valence-corrected chi connectivity index (χ4v) is 4.27. The van der Waals surface area contributed by atoms with Gasteiger partial charge in [-0.1, -0.05) is 37.8 Å². The van der Waals surface area contributed by atoms with E-state index in [1.54, 1.807) is 7.11 Å². The van der Waals surface area contributed by atoms with Gasteiger partial charge in [0.15, 0.2) is 0 Å². The van der Waals surface area contributed by atoms with Gasteiger partial charge >= 0.3 is 0 Å². The second kappa shape index (κ2) is 6.84. The van der Waals surface area contributed by atoms with Crippen LogP contribution < -0.4 is 4.74 Å². The second-order valence-electron chi connectivity index (χ2n) is 8.00. The average Bonchev–Trinajstić information content (AvgIpc) is 3.45. The van der Waals surface area contributed by atoms with Gasteiger partial charge in [-0.15, -0.1) is 0 Å². The third-order valence-electron chi connectivity index (χ3n) is 6.13. The molecule has 2 atom stereocenters. The standard InChI is InChI=1S/C23H29NO/c1-16-11-12-24(14-18-7-8-18)15-22(16)17(2)19-9-10-21-20(13-19)5-4-6-23(21)25-3/h4-6,9-10,13,16,18,22H,2,7-8,11-12,14-15H2,1,3H3/t16-,22+/m0/s1. The smallest absolute Gasteiger partial charge is 0.126 e. The van der Waals surface area contributed by atoms with Crippen LogP contribution in [0.4, 0.5) is 0 Å². The highest BCUT2D eigenvalue weighted by atomic mass is 16.5. The Labute approximate surface area is 151 Å². The minimum atomic E-state index is 0.565. The molecule has 0 amide bonds. The number of ether oxygens (including phenoxy) is 1. The summed E-state index contributed by atoms with van der Waals surface area (Å²) >= 11 is 0. The summed E-state index contributed by atoms with van der Waals surface area (Å²) in [5.74, 6) is 3.19. The van der Waals surface area contributed by atoms with Crippen molar-refractivity contribution in [3.05, 3.63) is 48.5 Å². The molecule has 0 N–H and O–H groups in total. The van der Waals surface area contributed by atoms with Crippen molar-refractivity contribution in [1.29, 1.82) is 0 Å². The van der Waals surface area contributed by atoms with Crippen molar-refractivity contribution >= 4 is 16.3 Å². The van der Waals surface area contributed by atoms with E-state index in [4.69, 9.17) is 4.74 Å². The van der Waals surface area contributed by atoms with Crippen LogP contribution >= 0.6 is 0 Å². The molecule has 1 heterocycles. The van der Waals surface area contributed by atoms with Gasteiger partial charge in [-0.3, -0.25) is 0 Å². The first-order valence-corrected chi connectivity index (χ1v) is 9.64. The topological polar surface area (TPSA) is 12.5 Å². The minimum Gasteiger partial charge on any atom is -0.496 e. The average molecular weight is 335 g/mol. The number of benzene rings is 2. The van der Waals surface area contributed by atoms with Gasteiger partial charge in [-0.2, -0.15) is 0 Å². The summed E-state index contributed by atoms with van der Waals surface area (Å²) in [5.41, 5.74) is 2.59. The van der Waals surface area contributed by atoms with E-state index in [0.717, 1.165) is 11.7 Å². The lowest BCUT2D eigenvalue weighted by Gasteiger charge is -2.38. The highest BCUT2D eigenvalue weighted by Crippen LogP contribution is 2.38. The van der Waals surface area contributed by atoms with E-state index in [9.17, 15) is 0 Å². The van der Waals surface area contributed by atoms with Crippen molar-refractivity contribution < 1.29 is 4.74 Å². The van der Waals surface area contributed by atoms with Crippen LogP contribution in [0.1, 0.15) is 31.7 Å². The lowest BCUT2D eigenvalue weighted by Crippen LogP contribution is -2.40. The maximum Gasteiger partial charge on any atom is 0.126 e. The molecular formula is C23H29NO. The summed E-state index contributed by atoms with van der Waals surface area (Å²) in [7, 11) is 1.74. The molecule has 0 bridgehead atoms. The van der Waals surface area contributed by atoms with Crippen LogP contribution in [0.5, 0.6) is 5.75 Å². The molecule has 1 aliphatic carbocycles. The Bertz CT molecular complexity index is 777. The zero-order valence-corrected chi connectivity index (χ0v) is 15.5. The number of piperidine rings is 1. The summed E-state index contributed by atoms with van der Waals surface area (Å²) in [6, 6.07) is 12.9. The quantitative estimate of drug-likeness (QED) is 0.742. The number of likely N-dealkylation sites (tertiary alicyclic amines) is 1. The molecule has 2 heteroatoms. The minimum absolute atomic E-state index is 0.565. The first-order chi connectivity index (χ1) is 12.2. The maximum atomic E-state index is 5.49. The molecule has 0 aromatic heterocycles. The van der Waals surface area contributed by atoms with Crippen molar-refractivity contribution in [2.24, 2.45) is 17.8 Å². The van der Waals surface area contributed by atoms with E-state index in [1.165, 1.54) is 60.8 Å². The Morgan fingerprint density at radius 1 is 1.20 bits per heavy atom. The first-order valence-electron chi connectivity index (χ1n) is 9.64. The van der Waals surface area contributed by atoms with E-state index in [2.05, 4.69) is 48.7 Å². The molecule has 2 fully saturated rings. The molecule has 0 radical (unpaired) electrons. The van der Waals surface area contributed by atoms with Crippen LogP contribution in [0.2, 0.25) is 0 Å². The normalized spacial score (nSPS) is 24.4. The molecule has 1 saturated carbocycles. The number of fused-ring (bicyclic) bond motifs is 1. The van der Waals surface area contributed by atoms with Crippen molar-refractivity contribution in [3.63, 3.8) is 0 Å². The molecule has 0 unspecified atom stereocenters. The summed E-state index contributed by atoms with van der Waals surface area (Å²) < 4.78 is 5.49. The molecule has 2 aromatic carbocycles. The maximum absolute atomic E-state index is 5.49. The van der Waals surface area contributed by atoms with E-state index in [0.29, 0.717) is 11.8 Å². The van der Waals surface area contributed by atoms with Crippen molar-refractivity contribution in [2.45, 2.75) is 26.2 Å². The summed E-state index contributed by atoms with van der Waals surface area (Å²) in [6.07, 6.45) is 4.16. The fraction of sp³-hybridized carbons (Fsp3) is 0.478. The molecule has 25 heavy (non-hydrogen) atoms. The molecule has 2 nitrogen and oxygen atoms in total. The highest BCUT2D eigenvalue weighted by molar-refractivity contribution is 5.91. The molecule has 2 aliphatic rings. The summed E-state index contributed by atoms with van der Waals surface area (Å²) in [6.45, 7) is 10.6. The predicted octanol–water partition coefficient (Wildman–Crippen LogP) is 5.23.